The Balaban J connectivity index is 1.54. The second kappa shape index (κ2) is 5.95. The van der Waals surface area contributed by atoms with Crippen LogP contribution in [0.5, 0.6) is 17.2 Å². The lowest BCUT2D eigenvalue weighted by Gasteiger charge is -2.15. The summed E-state index contributed by atoms with van der Waals surface area (Å²) >= 11 is 0. The third kappa shape index (κ3) is 3.40. The molecule has 1 heterocycles. The molecule has 4 nitrogen and oxygen atoms in total. The molecule has 0 spiro atoms. The highest BCUT2D eigenvalue weighted by Gasteiger charge is 2.13. The minimum absolute atomic E-state index is 0.301. The lowest BCUT2D eigenvalue weighted by molar-refractivity contribution is 0.174. The van der Waals surface area contributed by atoms with Gasteiger partial charge in [-0.3, -0.25) is 0 Å². The number of nitrogens with one attached hydrogen (secondary N) is 1. The maximum Gasteiger partial charge on any atom is 0.231 e. The molecule has 3 rings (SSSR count). The minimum Gasteiger partial charge on any atom is -0.508 e. The molecule has 21 heavy (non-hydrogen) atoms. The number of phenolic OH excluding ortho intramolecular Hbond substituents is 1. The summed E-state index contributed by atoms with van der Waals surface area (Å²) in [6.45, 7) is 2.46. The number of ether oxygens (including phenoxy) is 2. The van der Waals surface area contributed by atoms with Gasteiger partial charge >= 0.3 is 0 Å². The Morgan fingerprint density at radius 2 is 1.86 bits per heavy atom. The largest absolute Gasteiger partial charge is 0.508 e. The number of anilines is 1. The van der Waals surface area contributed by atoms with E-state index < -0.39 is 0 Å². The van der Waals surface area contributed by atoms with Gasteiger partial charge in [0.15, 0.2) is 11.5 Å². The molecule has 0 fully saturated rings. The van der Waals surface area contributed by atoms with Crippen molar-refractivity contribution in [1.29, 1.82) is 0 Å². The van der Waals surface area contributed by atoms with Gasteiger partial charge in [0, 0.05) is 17.8 Å². The maximum atomic E-state index is 9.27. The zero-order valence-corrected chi connectivity index (χ0v) is 12.0. The van der Waals surface area contributed by atoms with Crippen molar-refractivity contribution in [3.8, 4) is 17.2 Å². The van der Waals surface area contributed by atoms with Crippen LogP contribution in [0, 0.1) is 0 Å². The van der Waals surface area contributed by atoms with Crippen LogP contribution in [-0.4, -0.2) is 17.9 Å². The van der Waals surface area contributed by atoms with Gasteiger partial charge in [-0.25, -0.2) is 0 Å². The van der Waals surface area contributed by atoms with E-state index in [9.17, 15) is 5.11 Å². The SMILES string of the molecule is CC(CCc1ccc(O)cc1)Nc1ccc2c(c1)OCO2. The molecule has 1 aliphatic heterocycles. The molecule has 0 saturated heterocycles. The molecule has 4 heteroatoms. The van der Waals surface area contributed by atoms with E-state index in [1.165, 1.54) is 5.56 Å². The Morgan fingerprint density at radius 3 is 2.67 bits per heavy atom. The van der Waals surface area contributed by atoms with E-state index >= 15 is 0 Å². The molecule has 0 saturated carbocycles. The number of fused-ring (bicyclic) bond motifs is 1. The lowest BCUT2D eigenvalue weighted by atomic mass is 10.1. The molecule has 2 N–H and O–H groups in total. The Bertz CT molecular complexity index is 610. The summed E-state index contributed by atoms with van der Waals surface area (Å²) in [4.78, 5) is 0. The fourth-order valence-corrected chi connectivity index (χ4v) is 2.39. The van der Waals surface area contributed by atoms with Crippen LogP contribution in [0.15, 0.2) is 42.5 Å². The molecule has 1 atom stereocenters. The Labute approximate surface area is 124 Å². The fourth-order valence-electron chi connectivity index (χ4n) is 2.39. The fraction of sp³-hybridized carbons (Fsp3) is 0.294. The van der Waals surface area contributed by atoms with Crippen molar-refractivity contribution < 1.29 is 14.6 Å². The first-order chi connectivity index (χ1) is 10.2. The van der Waals surface area contributed by atoms with Gasteiger partial charge in [0.2, 0.25) is 6.79 Å². The summed E-state index contributed by atoms with van der Waals surface area (Å²) in [6.07, 6.45) is 1.98. The predicted octanol–water partition coefficient (Wildman–Crippen LogP) is 3.55. The van der Waals surface area contributed by atoms with Crippen molar-refractivity contribution in [2.75, 3.05) is 12.1 Å². The molecule has 0 aliphatic carbocycles. The highest BCUT2D eigenvalue weighted by molar-refractivity contribution is 5.55. The van der Waals surface area contributed by atoms with Crippen LogP contribution in [0.2, 0.25) is 0 Å². The third-order valence-electron chi connectivity index (χ3n) is 3.59. The smallest absolute Gasteiger partial charge is 0.231 e. The van der Waals surface area contributed by atoms with Crippen LogP contribution in [-0.2, 0) is 6.42 Å². The van der Waals surface area contributed by atoms with E-state index in [1.54, 1.807) is 12.1 Å². The normalized spacial score (nSPS) is 14.0. The van der Waals surface area contributed by atoms with Crippen molar-refractivity contribution in [3.63, 3.8) is 0 Å². The van der Waals surface area contributed by atoms with Gasteiger partial charge in [-0.2, -0.15) is 0 Å². The number of rotatable bonds is 5. The topological polar surface area (TPSA) is 50.7 Å². The molecule has 1 aliphatic rings. The van der Waals surface area contributed by atoms with Gasteiger partial charge in [0.25, 0.3) is 0 Å². The average Bonchev–Trinajstić information content (AvgIpc) is 2.94. The van der Waals surface area contributed by atoms with Crippen LogP contribution in [0.25, 0.3) is 0 Å². The van der Waals surface area contributed by atoms with Crippen LogP contribution < -0.4 is 14.8 Å². The van der Waals surface area contributed by atoms with Gasteiger partial charge in [-0.1, -0.05) is 12.1 Å². The molecule has 0 bridgehead atoms. The summed E-state index contributed by atoms with van der Waals surface area (Å²) < 4.78 is 10.7. The van der Waals surface area contributed by atoms with Crippen LogP contribution in [0.1, 0.15) is 18.9 Å². The van der Waals surface area contributed by atoms with Gasteiger partial charge in [-0.05, 0) is 49.6 Å². The van der Waals surface area contributed by atoms with Gasteiger partial charge in [0.05, 0.1) is 0 Å². The van der Waals surface area contributed by atoms with E-state index in [4.69, 9.17) is 9.47 Å². The molecule has 1 unspecified atom stereocenters. The van der Waals surface area contributed by atoms with Crippen LogP contribution >= 0.6 is 0 Å². The quantitative estimate of drug-likeness (QED) is 0.882. The first-order valence-corrected chi connectivity index (χ1v) is 7.15. The van der Waals surface area contributed by atoms with Crippen molar-refractivity contribution in [3.05, 3.63) is 48.0 Å². The lowest BCUT2D eigenvalue weighted by Crippen LogP contribution is -2.15. The van der Waals surface area contributed by atoms with Crippen molar-refractivity contribution in [1.82, 2.24) is 0 Å². The number of aromatic hydroxyl groups is 1. The van der Waals surface area contributed by atoms with Gasteiger partial charge in [0.1, 0.15) is 5.75 Å². The molecule has 0 amide bonds. The summed E-state index contributed by atoms with van der Waals surface area (Å²) in [6, 6.07) is 13.6. The Kier molecular flexibility index (Phi) is 3.86. The summed E-state index contributed by atoms with van der Waals surface area (Å²) in [5, 5.41) is 12.7. The number of benzene rings is 2. The van der Waals surface area contributed by atoms with Crippen molar-refractivity contribution in [2.45, 2.75) is 25.8 Å². The van der Waals surface area contributed by atoms with Crippen LogP contribution in [0.4, 0.5) is 5.69 Å². The second-order valence-corrected chi connectivity index (χ2v) is 5.32. The van der Waals surface area contributed by atoms with Gasteiger partial charge < -0.3 is 19.9 Å². The summed E-state index contributed by atoms with van der Waals surface area (Å²) in [5.41, 5.74) is 2.27. The van der Waals surface area contributed by atoms with E-state index in [-0.39, 0.29) is 0 Å². The molecule has 2 aromatic rings. The zero-order chi connectivity index (χ0) is 14.7. The standard InChI is InChI=1S/C17H19NO3/c1-12(2-3-13-4-7-15(19)8-5-13)18-14-6-9-16-17(10-14)21-11-20-16/h4-10,12,18-19H,2-3,11H2,1H3. The second-order valence-electron chi connectivity index (χ2n) is 5.32. The maximum absolute atomic E-state index is 9.27. The van der Waals surface area contributed by atoms with E-state index in [2.05, 4.69) is 12.2 Å². The highest BCUT2D eigenvalue weighted by atomic mass is 16.7. The van der Waals surface area contributed by atoms with Crippen molar-refractivity contribution >= 4 is 5.69 Å². The molecular weight excluding hydrogens is 266 g/mol. The average molecular weight is 285 g/mol. The Morgan fingerprint density at radius 1 is 1.10 bits per heavy atom. The Hall–Kier alpha value is -2.36. The van der Waals surface area contributed by atoms with Gasteiger partial charge in [-0.15, -0.1) is 0 Å². The van der Waals surface area contributed by atoms with E-state index in [1.807, 2.05) is 30.3 Å². The van der Waals surface area contributed by atoms with E-state index in [0.29, 0.717) is 18.6 Å². The number of phenols is 1. The third-order valence-corrected chi connectivity index (χ3v) is 3.59. The number of hydrogen-bond donors (Lipinski definition) is 2. The molecular formula is C17H19NO3. The van der Waals surface area contributed by atoms with Crippen molar-refractivity contribution in [2.24, 2.45) is 0 Å². The monoisotopic (exact) mass is 285 g/mol. The summed E-state index contributed by atoms with van der Waals surface area (Å²) in [5.74, 6) is 1.91. The highest BCUT2D eigenvalue weighted by Crippen LogP contribution is 2.34. The molecule has 110 valence electrons. The minimum atomic E-state index is 0.301. The zero-order valence-electron chi connectivity index (χ0n) is 12.0. The first-order valence-electron chi connectivity index (χ1n) is 7.15. The molecule has 0 radical (unpaired) electrons. The predicted molar refractivity (Wildman–Crippen MR) is 82.1 cm³/mol. The molecule has 2 aromatic carbocycles. The number of hydrogen-bond acceptors (Lipinski definition) is 4. The number of aryl methyl sites for hydroxylation is 1. The van der Waals surface area contributed by atoms with Crippen LogP contribution in [0.3, 0.4) is 0 Å². The molecule has 0 aromatic heterocycles. The first kappa shape index (κ1) is 13.6. The summed E-state index contributed by atoms with van der Waals surface area (Å²) in [7, 11) is 0. The van der Waals surface area contributed by atoms with E-state index in [0.717, 1.165) is 30.0 Å².